The molecule has 28 heavy (non-hydrogen) atoms. The summed E-state index contributed by atoms with van der Waals surface area (Å²) in [5.41, 5.74) is 3.36. The van der Waals surface area contributed by atoms with Gasteiger partial charge in [-0.2, -0.15) is 0 Å². The van der Waals surface area contributed by atoms with E-state index in [1.807, 2.05) is 74.4 Å². The number of rotatable bonds is 2. The molecule has 0 aliphatic carbocycles. The second kappa shape index (κ2) is 8.65. The van der Waals surface area contributed by atoms with Crippen LogP contribution in [-0.2, 0) is 0 Å². The van der Waals surface area contributed by atoms with Crippen molar-refractivity contribution in [3.8, 4) is 0 Å². The maximum absolute atomic E-state index is 12.9. The molecule has 0 spiro atoms. The zero-order valence-electron chi connectivity index (χ0n) is 16.9. The SMILES string of the molecule is CN(C(=O)O)C(=O)N1c2ccc(N(C)C)cc2Sc2cc(N(C)C)ccc21.[Na]. The van der Waals surface area contributed by atoms with Crippen molar-refractivity contribution in [3.05, 3.63) is 36.4 Å². The molecule has 1 N–H and O–H groups in total. The second-order valence-corrected chi connectivity index (χ2v) is 7.74. The first-order valence-corrected chi connectivity index (χ1v) is 9.13. The van der Waals surface area contributed by atoms with E-state index in [1.54, 1.807) is 11.8 Å². The van der Waals surface area contributed by atoms with E-state index in [0.717, 1.165) is 21.2 Å². The maximum atomic E-state index is 12.9. The molecule has 1 radical (unpaired) electrons. The number of nitrogens with zero attached hydrogens (tertiary/aromatic N) is 4. The molecule has 0 saturated heterocycles. The number of benzene rings is 2. The summed E-state index contributed by atoms with van der Waals surface area (Å²) in [6, 6.07) is 10.9. The van der Waals surface area contributed by atoms with Crippen molar-refractivity contribution in [3.63, 3.8) is 0 Å². The fraction of sp³-hybridized carbons (Fsp3) is 0.263. The summed E-state index contributed by atoms with van der Waals surface area (Å²) < 4.78 is 0. The molecule has 1 aliphatic heterocycles. The van der Waals surface area contributed by atoms with Crippen LogP contribution in [0.15, 0.2) is 46.2 Å². The Kier molecular flexibility index (Phi) is 6.93. The minimum atomic E-state index is -1.30. The van der Waals surface area contributed by atoms with Crippen molar-refractivity contribution >= 4 is 76.2 Å². The van der Waals surface area contributed by atoms with Crippen molar-refractivity contribution in [1.29, 1.82) is 0 Å². The van der Waals surface area contributed by atoms with Crippen LogP contribution in [0, 0.1) is 0 Å². The van der Waals surface area contributed by atoms with Crippen LogP contribution in [0.5, 0.6) is 0 Å². The number of urea groups is 1. The number of carboxylic acid groups (broad SMARTS) is 1. The van der Waals surface area contributed by atoms with E-state index >= 15 is 0 Å². The summed E-state index contributed by atoms with van der Waals surface area (Å²) in [5, 5.41) is 9.27. The van der Waals surface area contributed by atoms with Crippen LogP contribution in [0.4, 0.5) is 32.3 Å². The molecule has 2 aromatic rings. The number of hydrogen-bond donors (Lipinski definition) is 1. The van der Waals surface area contributed by atoms with Crippen LogP contribution in [0.2, 0.25) is 0 Å². The van der Waals surface area contributed by atoms with Crippen LogP contribution in [-0.4, -0.2) is 86.9 Å². The number of carbonyl (C=O) groups is 2. The average molecular weight is 409 g/mol. The number of hydrogen-bond acceptors (Lipinski definition) is 5. The minimum absolute atomic E-state index is 0. The van der Waals surface area contributed by atoms with Gasteiger partial charge in [0.15, 0.2) is 0 Å². The molecule has 0 atom stereocenters. The Morgan fingerprint density at radius 2 is 1.29 bits per heavy atom. The minimum Gasteiger partial charge on any atom is -0.465 e. The Balaban J connectivity index is 0.00000280. The number of anilines is 4. The predicted molar refractivity (Wildman–Crippen MR) is 115 cm³/mol. The summed E-state index contributed by atoms with van der Waals surface area (Å²) in [6.07, 6.45) is -1.30. The Bertz CT molecular complexity index is 863. The first kappa shape index (κ1) is 22.4. The first-order valence-electron chi connectivity index (χ1n) is 8.32. The number of imide groups is 1. The molecule has 3 rings (SSSR count). The van der Waals surface area contributed by atoms with Gasteiger partial charge in [0.2, 0.25) is 0 Å². The second-order valence-electron chi connectivity index (χ2n) is 6.65. The van der Waals surface area contributed by atoms with Gasteiger partial charge in [0, 0.05) is 86.0 Å². The van der Waals surface area contributed by atoms with Crippen molar-refractivity contribution < 1.29 is 14.7 Å². The van der Waals surface area contributed by atoms with Crippen LogP contribution in [0.1, 0.15) is 0 Å². The predicted octanol–water partition coefficient (Wildman–Crippen LogP) is 3.77. The number of fused-ring (bicyclic) bond motifs is 2. The molecule has 9 heteroatoms. The van der Waals surface area contributed by atoms with Crippen LogP contribution >= 0.6 is 11.8 Å². The first-order chi connectivity index (χ1) is 12.7. The molecular weight excluding hydrogens is 387 g/mol. The van der Waals surface area contributed by atoms with Gasteiger partial charge in [-0.25, -0.2) is 14.5 Å². The molecule has 7 nitrogen and oxygen atoms in total. The molecule has 0 saturated carbocycles. The normalized spacial score (nSPS) is 11.7. The fourth-order valence-corrected chi connectivity index (χ4v) is 3.91. The molecular formula is C19H22N4NaO3S. The third kappa shape index (κ3) is 4.10. The van der Waals surface area contributed by atoms with Gasteiger partial charge in [0.1, 0.15) is 0 Å². The zero-order chi connectivity index (χ0) is 19.9. The van der Waals surface area contributed by atoms with Crippen molar-refractivity contribution in [2.75, 3.05) is 49.9 Å². The van der Waals surface area contributed by atoms with Gasteiger partial charge < -0.3 is 14.9 Å². The van der Waals surface area contributed by atoms with E-state index in [4.69, 9.17) is 0 Å². The fourth-order valence-electron chi connectivity index (χ4n) is 2.78. The van der Waals surface area contributed by atoms with Crippen LogP contribution < -0.4 is 14.7 Å². The molecule has 3 amide bonds. The summed E-state index contributed by atoms with van der Waals surface area (Å²) in [4.78, 5) is 32.2. The zero-order valence-corrected chi connectivity index (χ0v) is 19.7. The largest absolute Gasteiger partial charge is 0.465 e. The monoisotopic (exact) mass is 409 g/mol. The Hall–Kier alpha value is -1.87. The van der Waals surface area contributed by atoms with Gasteiger partial charge in [0.05, 0.1) is 11.4 Å². The summed E-state index contributed by atoms with van der Waals surface area (Å²) >= 11 is 1.57. The Morgan fingerprint density at radius 1 is 0.857 bits per heavy atom. The molecule has 143 valence electrons. The van der Waals surface area contributed by atoms with Crippen LogP contribution in [0.3, 0.4) is 0 Å². The molecule has 0 bridgehead atoms. The van der Waals surface area contributed by atoms with Gasteiger partial charge in [-0.15, -0.1) is 0 Å². The summed E-state index contributed by atoms with van der Waals surface area (Å²) in [5.74, 6) is 0. The van der Waals surface area contributed by atoms with Gasteiger partial charge in [0.25, 0.3) is 0 Å². The summed E-state index contributed by atoms with van der Waals surface area (Å²) in [6.45, 7) is 0. The van der Waals surface area contributed by atoms with E-state index in [-0.39, 0.29) is 29.6 Å². The third-order valence-electron chi connectivity index (χ3n) is 4.39. The Labute approximate surface area is 191 Å². The number of amides is 3. The molecule has 0 fully saturated rings. The van der Waals surface area contributed by atoms with Gasteiger partial charge in [-0.05, 0) is 36.4 Å². The maximum Gasteiger partial charge on any atom is 0.415 e. The molecule has 0 unspecified atom stereocenters. The van der Waals surface area contributed by atoms with E-state index in [9.17, 15) is 14.7 Å². The topological polar surface area (TPSA) is 67.3 Å². The van der Waals surface area contributed by atoms with Crippen LogP contribution in [0.25, 0.3) is 0 Å². The van der Waals surface area contributed by atoms with E-state index < -0.39 is 12.1 Å². The molecule has 1 aliphatic rings. The van der Waals surface area contributed by atoms with Crippen molar-refractivity contribution in [2.24, 2.45) is 0 Å². The van der Waals surface area contributed by atoms with E-state index in [0.29, 0.717) is 16.3 Å². The smallest absolute Gasteiger partial charge is 0.415 e. The van der Waals surface area contributed by atoms with E-state index in [2.05, 4.69) is 0 Å². The Morgan fingerprint density at radius 3 is 1.64 bits per heavy atom. The van der Waals surface area contributed by atoms with Gasteiger partial charge in [-0.3, -0.25) is 4.90 Å². The molecule has 1 heterocycles. The van der Waals surface area contributed by atoms with E-state index in [1.165, 1.54) is 11.9 Å². The van der Waals surface area contributed by atoms with Gasteiger partial charge in [-0.1, -0.05) is 11.8 Å². The molecule has 2 aromatic carbocycles. The third-order valence-corrected chi connectivity index (χ3v) is 5.48. The number of carbonyl (C=O) groups excluding carboxylic acids is 1. The van der Waals surface area contributed by atoms with Gasteiger partial charge >= 0.3 is 12.1 Å². The van der Waals surface area contributed by atoms with Crippen molar-refractivity contribution in [1.82, 2.24) is 4.90 Å². The molecule has 0 aromatic heterocycles. The van der Waals surface area contributed by atoms with Crippen molar-refractivity contribution in [2.45, 2.75) is 9.79 Å². The standard InChI is InChI=1S/C19H22N4O3S.Na/c1-20(2)12-6-8-14-16(10-12)27-17-11-13(21(3)4)7-9-15(17)23(14)18(24)22(5)19(25)26;/h6-11H,1-5H3,(H,25,26);. The summed E-state index contributed by atoms with van der Waals surface area (Å²) in [7, 11) is 9.07. The quantitative estimate of drug-likeness (QED) is 0.762. The average Bonchev–Trinajstić information content (AvgIpc) is 2.63.